The van der Waals surface area contributed by atoms with Gasteiger partial charge in [-0.15, -0.1) is 0 Å². The van der Waals surface area contributed by atoms with E-state index in [9.17, 15) is 18.9 Å². The van der Waals surface area contributed by atoms with Gasteiger partial charge in [0.1, 0.15) is 0 Å². The van der Waals surface area contributed by atoms with Gasteiger partial charge in [-0.05, 0) is 24.7 Å². The van der Waals surface area contributed by atoms with Crippen LogP contribution in [0.4, 0.5) is 0 Å². The topological polar surface area (TPSA) is 154 Å². The monoisotopic (exact) mass is 768 g/mol. The van der Waals surface area contributed by atoms with Crippen LogP contribution in [0.1, 0.15) is 170 Å². The second kappa shape index (κ2) is 42.4. The van der Waals surface area contributed by atoms with Crippen molar-refractivity contribution in [1.82, 2.24) is 0 Å². The van der Waals surface area contributed by atoms with E-state index in [0.29, 0.717) is 0 Å². The SMILES string of the molecule is CCCCCCCCCCCCOOP(=O)([O-])OOCC(C)C.CCCCCCCCCCCCOOP(=O)([O-])OOCC(C)C.[K+].[Na+]. The van der Waals surface area contributed by atoms with Gasteiger partial charge in [0, 0.05) is 0 Å². The molecule has 0 rings (SSSR count). The first-order chi connectivity index (χ1) is 22.0. The molecule has 0 aromatic heterocycles. The van der Waals surface area contributed by atoms with Gasteiger partial charge in [0.05, 0.1) is 26.4 Å². The van der Waals surface area contributed by atoms with Crippen LogP contribution in [0, 0.1) is 11.8 Å². The van der Waals surface area contributed by atoms with Gasteiger partial charge in [0.25, 0.3) is 0 Å². The summed E-state index contributed by atoms with van der Waals surface area (Å²) >= 11 is 0. The number of hydrogen-bond donors (Lipinski definition) is 0. The van der Waals surface area contributed by atoms with Crippen molar-refractivity contribution in [3.05, 3.63) is 0 Å². The van der Waals surface area contributed by atoms with Gasteiger partial charge < -0.3 is 9.79 Å². The molecule has 0 saturated heterocycles. The summed E-state index contributed by atoms with van der Waals surface area (Å²) in [4.78, 5) is 40.8. The molecule has 2 atom stereocenters. The van der Waals surface area contributed by atoms with Crippen LogP contribution >= 0.6 is 15.6 Å². The molecule has 2 unspecified atom stereocenters. The van der Waals surface area contributed by atoms with Gasteiger partial charge >= 0.3 is 96.6 Å². The summed E-state index contributed by atoms with van der Waals surface area (Å²) in [5.74, 6) is 0.338. The summed E-state index contributed by atoms with van der Waals surface area (Å²) in [6, 6.07) is 0. The Kier molecular flexibility index (Phi) is 50.8. The Balaban J connectivity index is -0.000000387. The van der Waals surface area contributed by atoms with Gasteiger partial charge in [0.15, 0.2) is 0 Å². The summed E-state index contributed by atoms with van der Waals surface area (Å²) in [5.41, 5.74) is 0. The maximum absolute atomic E-state index is 11.2. The fourth-order valence-corrected chi connectivity index (χ4v) is 4.82. The molecule has 0 aliphatic rings. The van der Waals surface area contributed by atoms with Crippen LogP contribution in [0.15, 0.2) is 0 Å². The zero-order chi connectivity index (χ0) is 34.8. The van der Waals surface area contributed by atoms with Crippen molar-refractivity contribution in [2.24, 2.45) is 11.8 Å². The molecule has 16 heteroatoms. The van der Waals surface area contributed by atoms with Crippen molar-refractivity contribution < 1.29 is 138 Å². The predicted molar refractivity (Wildman–Crippen MR) is 177 cm³/mol. The summed E-state index contributed by atoms with van der Waals surface area (Å²) in [5, 5.41) is 0. The van der Waals surface area contributed by atoms with Crippen molar-refractivity contribution in [2.75, 3.05) is 26.4 Å². The van der Waals surface area contributed by atoms with Crippen molar-refractivity contribution in [3.63, 3.8) is 0 Å². The Morgan fingerprint density at radius 1 is 0.438 bits per heavy atom. The van der Waals surface area contributed by atoms with Gasteiger partial charge in [-0.25, -0.2) is 19.6 Å². The molecule has 0 heterocycles. The normalized spacial score (nSPS) is 13.7. The maximum Gasteiger partial charge on any atom is 1.00 e. The number of rotatable bonds is 34. The minimum absolute atomic E-state index is 0. The van der Waals surface area contributed by atoms with E-state index in [1.165, 1.54) is 89.9 Å². The van der Waals surface area contributed by atoms with Crippen LogP contribution in [0.3, 0.4) is 0 Å². The molecule has 48 heavy (non-hydrogen) atoms. The fourth-order valence-electron chi connectivity index (χ4n) is 3.99. The molecular weight excluding hydrogens is 700 g/mol. The van der Waals surface area contributed by atoms with Crippen LogP contribution in [-0.4, -0.2) is 26.4 Å². The third kappa shape index (κ3) is 50.8. The van der Waals surface area contributed by atoms with E-state index in [1.807, 2.05) is 27.7 Å². The van der Waals surface area contributed by atoms with E-state index in [0.717, 1.165) is 38.5 Å². The van der Waals surface area contributed by atoms with E-state index in [1.54, 1.807) is 0 Å². The number of phosphoric acid groups is 2. The Morgan fingerprint density at radius 2 is 0.667 bits per heavy atom. The zero-order valence-corrected chi connectivity index (χ0v) is 38.8. The fraction of sp³-hybridized carbons (Fsp3) is 1.00. The molecule has 12 nitrogen and oxygen atoms in total. The smallest absolute Gasteiger partial charge is 0.753 e. The molecule has 0 aliphatic carbocycles. The Morgan fingerprint density at radius 3 is 0.917 bits per heavy atom. The average Bonchev–Trinajstić information content (AvgIpc) is 2.98. The quantitative estimate of drug-likeness (QED) is 0.0307. The van der Waals surface area contributed by atoms with Gasteiger partial charge in [-0.3, -0.25) is 9.13 Å². The molecule has 0 aliphatic heterocycles. The van der Waals surface area contributed by atoms with E-state index < -0.39 is 15.6 Å². The van der Waals surface area contributed by atoms with Crippen LogP contribution in [0.25, 0.3) is 0 Å². The molecule has 0 fully saturated rings. The standard InChI is InChI=1S/2C16H35O6P.K.Na/c2*1-4-5-6-7-8-9-10-11-12-13-14-19-21-23(17,18)22-20-15-16(2)3;;/h2*16H,4-15H2,1-3H3,(H,17,18);;/q;;2*+1/p-2. The Labute approximate surface area is 358 Å². The minimum Gasteiger partial charge on any atom is -0.753 e. The number of hydrogen-bond acceptors (Lipinski definition) is 12. The van der Waals surface area contributed by atoms with E-state index in [4.69, 9.17) is 0 Å². The predicted octanol–water partition coefficient (Wildman–Crippen LogP) is 3.86. The summed E-state index contributed by atoms with van der Waals surface area (Å²) in [7, 11) is -9.05. The molecule has 0 aromatic rings. The van der Waals surface area contributed by atoms with E-state index in [2.05, 4.69) is 52.1 Å². The zero-order valence-electron chi connectivity index (χ0n) is 31.9. The van der Waals surface area contributed by atoms with Crippen LogP contribution in [0.2, 0.25) is 0 Å². The molecular formula is C32H68KNaO12P2. The van der Waals surface area contributed by atoms with Crippen LogP contribution in [-0.2, 0) is 47.4 Å². The molecule has 0 saturated carbocycles. The molecule has 280 valence electrons. The summed E-state index contributed by atoms with van der Waals surface area (Å²) in [6.45, 7) is 12.8. The minimum atomic E-state index is -4.52. The van der Waals surface area contributed by atoms with Crippen molar-refractivity contribution in [1.29, 1.82) is 0 Å². The molecule has 0 radical (unpaired) electrons. The maximum atomic E-state index is 11.2. The third-order valence-corrected chi connectivity index (χ3v) is 7.69. The second-order valence-corrected chi connectivity index (χ2v) is 14.9. The van der Waals surface area contributed by atoms with E-state index >= 15 is 0 Å². The summed E-state index contributed by atoms with van der Waals surface area (Å²) < 4.78 is 39.3. The van der Waals surface area contributed by atoms with Gasteiger partial charge in [0.2, 0.25) is 0 Å². The molecule has 0 N–H and O–H groups in total. The van der Waals surface area contributed by atoms with Gasteiger partial charge in [-0.2, -0.15) is 18.7 Å². The van der Waals surface area contributed by atoms with Crippen molar-refractivity contribution in [2.45, 2.75) is 170 Å². The third-order valence-electron chi connectivity index (χ3n) is 6.54. The van der Waals surface area contributed by atoms with Crippen molar-refractivity contribution in [3.8, 4) is 0 Å². The van der Waals surface area contributed by atoms with Crippen LogP contribution < -0.4 is 90.7 Å². The van der Waals surface area contributed by atoms with Gasteiger partial charge in [-0.1, -0.05) is 157 Å². The largest absolute Gasteiger partial charge is 1.00 e. The molecule has 0 spiro atoms. The first-order valence-electron chi connectivity index (χ1n) is 17.8. The Bertz CT molecular complexity index is 669. The van der Waals surface area contributed by atoms with Crippen molar-refractivity contribution >= 4 is 15.6 Å². The van der Waals surface area contributed by atoms with Crippen LogP contribution in [0.5, 0.6) is 0 Å². The first-order valence-corrected chi connectivity index (χ1v) is 20.7. The first kappa shape index (κ1) is 57.4. The average molecular weight is 769 g/mol. The molecule has 0 amide bonds. The second-order valence-electron chi connectivity index (χ2n) is 12.6. The number of unbranched alkanes of at least 4 members (excludes halogenated alkanes) is 18. The Hall–Kier alpha value is 2.70. The molecule has 0 bridgehead atoms. The molecule has 0 aromatic carbocycles. The summed E-state index contributed by atoms with van der Waals surface area (Å²) in [6.07, 6.45) is 24.1. The van der Waals surface area contributed by atoms with E-state index in [-0.39, 0.29) is 119 Å².